The molecule has 0 aliphatic carbocycles. The molecule has 0 saturated heterocycles. The number of hydrogen-bond donors (Lipinski definition) is 4. The topological polar surface area (TPSA) is 130 Å². The maximum Gasteiger partial charge on any atom is 1.00 e. The summed E-state index contributed by atoms with van der Waals surface area (Å²) in [7, 11) is 0. The number of carboxylic acid groups (broad SMARTS) is 1. The van der Waals surface area contributed by atoms with Crippen molar-refractivity contribution < 1.29 is 59.6 Å². The number of carboxylic acids is 1. The van der Waals surface area contributed by atoms with Crippen molar-refractivity contribution in [3.8, 4) is 11.5 Å². The average Bonchev–Trinajstić information content (AvgIpc) is 2.55. The van der Waals surface area contributed by atoms with Crippen LogP contribution < -0.4 is 40.0 Å². The first-order valence-electron chi connectivity index (χ1n) is 7.12. The van der Waals surface area contributed by atoms with Crippen molar-refractivity contribution >= 4 is 11.9 Å². The molecule has 0 aliphatic rings. The SMILES string of the molecule is O=C(Cc1ccccc1)N[C@H](C(=O)[O-])[C@H](O)c1ccc(O)c(O)c1.[Na+]. The Morgan fingerprint density at radius 2 is 1.68 bits per heavy atom. The molecule has 0 aliphatic heterocycles. The van der Waals surface area contributed by atoms with E-state index >= 15 is 0 Å². The minimum absolute atomic E-state index is 0. The van der Waals surface area contributed by atoms with Crippen LogP contribution in [0.3, 0.4) is 0 Å². The van der Waals surface area contributed by atoms with Gasteiger partial charge >= 0.3 is 29.6 Å². The molecule has 0 bridgehead atoms. The molecular formula is C17H16NNaO6. The van der Waals surface area contributed by atoms with Gasteiger partial charge in [0.1, 0.15) is 6.10 Å². The number of rotatable bonds is 6. The van der Waals surface area contributed by atoms with Crippen LogP contribution in [-0.2, 0) is 16.0 Å². The predicted molar refractivity (Wildman–Crippen MR) is 81.8 cm³/mol. The number of nitrogens with one attached hydrogen (secondary N) is 1. The summed E-state index contributed by atoms with van der Waals surface area (Å²) in [5, 5.41) is 42.3. The van der Waals surface area contributed by atoms with Crippen LogP contribution in [0.2, 0.25) is 0 Å². The number of phenols is 2. The number of aliphatic hydroxyl groups is 1. The van der Waals surface area contributed by atoms with E-state index in [9.17, 15) is 30.0 Å². The summed E-state index contributed by atoms with van der Waals surface area (Å²) >= 11 is 0. The quantitative estimate of drug-likeness (QED) is 0.317. The number of aromatic hydroxyl groups is 2. The second-order valence-corrected chi connectivity index (χ2v) is 5.22. The Morgan fingerprint density at radius 1 is 1.04 bits per heavy atom. The minimum atomic E-state index is -1.70. The Kier molecular flexibility index (Phi) is 7.92. The van der Waals surface area contributed by atoms with Gasteiger partial charge in [-0.3, -0.25) is 4.79 Å². The van der Waals surface area contributed by atoms with Gasteiger partial charge in [0.15, 0.2) is 11.5 Å². The molecule has 0 aromatic heterocycles. The third-order valence-corrected chi connectivity index (χ3v) is 3.43. The van der Waals surface area contributed by atoms with E-state index in [1.807, 2.05) is 0 Å². The largest absolute Gasteiger partial charge is 1.00 e. The monoisotopic (exact) mass is 353 g/mol. The Labute approximate surface area is 166 Å². The fourth-order valence-electron chi connectivity index (χ4n) is 2.19. The summed E-state index contributed by atoms with van der Waals surface area (Å²) < 4.78 is 0. The van der Waals surface area contributed by atoms with Crippen molar-refractivity contribution in [2.45, 2.75) is 18.6 Å². The molecule has 2 atom stereocenters. The fourth-order valence-corrected chi connectivity index (χ4v) is 2.19. The van der Waals surface area contributed by atoms with Crippen LogP contribution in [0.5, 0.6) is 11.5 Å². The molecule has 4 N–H and O–H groups in total. The van der Waals surface area contributed by atoms with E-state index < -0.39 is 35.5 Å². The van der Waals surface area contributed by atoms with Gasteiger partial charge in [0, 0.05) is 0 Å². The third kappa shape index (κ3) is 5.75. The van der Waals surface area contributed by atoms with Gasteiger partial charge in [-0.05, 0) is 23.3 Å². The van der Waals surface area contributed by atoms with Crippen molar-refractivity contribution in [3.05, 3.63) is 59.7 Å². The standard InChI is InChI=1S/C17H17NO6.Na/c19-12-7-6-11(9-13(12)20)16(22)15(17(23)24)18-14(21)8-10-4-2-1-3-5-10;/h1-7,9,15-16,19-20,22H,8H2,(H,18,21)(H,23,24);/q;+1/p-1/t15-,16+;/m0./s1. The van der Waals surface area contributed by atoms with Gasteiger partial charge in [-0.1, -0.05) is 36.4 Å². The van der Waals surface area contributed by atoms with Crippen LogP contribution >= 0.6 is 0 Å². The first-order valence-corrected chi connectivity index (χ1v) is 7.12. The maximum atomic E-state index is 12.0. The summed E-state index contributed by atoms with van der Waals surface area (Å²) in [5.41, 5.74) is 0.698. The van der Waals surface area contributed by atoms with E-state index in [1.54, 1.807) is 30.3 Å². The van der Waals surface area contributed by atoms with Gasteiger partial charge in [-0.15, -0.1) is 0 Å². The van der Waals surface area contributed by atoms with Crippen LogP contribution in [0.25, 0.3) is 0 Å². The normalized spacial score (nSPS) is 12.5. The molecule has 1 amide bonds. The van der Waals surface area contributed by atoms with E-state index in [4.69, 9.17) is 0 Å². The van der Waals surface area contributed by atoms with Gasteiger partial charge in [0.05, 0.1) is 18.4 Å². The van der Waals surface area contributed by atoms with Crippen LogP contribution in [0.15, 0.2) is 48.5 Å². The van der Waals surface area contributed by atoms with E-state index in [2.05, 4.69) is 5.32 Å². The minimum Gasteiger partial charge on any atom is -0.548 e. The molecule has 0 unspecified atom stereocenters. The molecule has 25 heavy (non-hydrogen) atoms. The Bertz CT molecular complexity index is 737. The molecule has 126 valence electrons. The van der Waals surface area contributed by atoms with Gasteiger partial charge in [0.2, 0.25) is 5.91 Å². The number of carbonyl (C=O) groups excluding carboxylic acids is 2. The van der Waals surface area contributed by atoms with Crippen LogP contribution in [-0.4, -0.2) is 33.2 Å². The molecule has 2 aromatic carbocycles. The molecule has 0 saturated carbocycles. The van der Waals surface area contributed by atoms with Crippen molar-refractivity contribution in [1.82, 2.24) is 5.32 Å². The average molecular weight is 353 g/mol. The smallest absolute Gasteiger partial charge is 0.548 e. The van der Waals surface area contributed by atoms with E-state index in [-0.39, 0.29) is 41.5 Å². The third-order valence-electron chi connectivity index (χ3n) is 3.43. The summed E-state index contributed by atoms with van der Waals surface area (Å²) in [6.45, 7) is 0. The van der Waals surface area contributed by atoms with Crippen LogP contribution in [0, 0.1) is 0 Å². The number of carbonyl (C=O) groups is 2. The number of hydrogen-bond acceptors (Lipinski definition) is 6. The second-order valence-electron chi connectivity index (χ2n) is 5.22. The van der Waals surface area contributed by atoms with Crippen molar-refractivity contribution in [1.29, 1.82) is 0 Å². The molecule has 0 fully saturated rings. The van der Waals surface area contributed by atoms with Gasteiger partial charge < -0.3 is 30.5 Å². The molecule has 0 spiro atoms. The van der Waals surface area contributed by atoms with Crippen LogP contribution in [0.1, 0.15) is 17.2 Å². The zero-order valence-electron chi connectivity index (χ0n) is 13.5. The zero-order chi connectivity index (χ0) is 17.7. The number of amides is 1. The molecule has 2 rings (SSSR count). The van der Waals surface area contributed by atoms with Crippen LogP contribution in [0.4, 0.5) is 0 Å². The van der Waals surface area contributed by atoms with Crippen molar-refractivity contribution in [2.24, 2.45) is 0 Å². The molecule has 0 radical (unpaired) electrons. The predicted octanol–water partition coefficient (Wildman–Crippen LogP) is -3.39. The number of aliphatic hydroxyl groups excluding tert-OH is 1. The Hall–Kier alpha value is -2.06. The van der Waals surface area contributed by atoms with Gasteiger partial charge in [0.25, 0.3) is 0 Å². The Balaban J connectivity index is 0.00000312. The fraction of sp³-hybridized carbons (Fsp3) is 0.176. The van der Waals surface area contributed by atoms with Gasteiger partial charge in [-0.2, -0.15) is 0 Å². The first kappa shape index (κ1) is 21.0. The molecule has 2 aromatic rings. The molecular weight excluding hydrogens is 337 g/mol. The first-order chi connectivity index (χ1) is 11.4. The van der Waals surface area contributed by atoms with E-state index in [0.717, 1.165) is 12.1 Å². The summed E-state index contributed by atoms with van der Waals surface area (Å²) in [4.78, 5) is 23.2. The number of benzene rings is 2. The number of aliphatic carboxylic acids is 1. The summed E-state index contributed by atoms with van der Waals surface area (Å²) in [6, 6.07) is 10.3. The molecule has 8 heteroatoms. The van der Waals surface area contributed by atoms with Crippen molar-refractivity contribution in [2.75, 3.05) is 0 Å². The van der Waals surface area contributed by atoms with E-state index in [0.29, 0.717) is 5.56 Å². The summed E-state index contributed by atoms with van der Waals surface area (Å²) in [5.74, 6) is -3.20. The van der Waals surface area contributed by atoms with Gasteiger partial charge in [-0.25, -0.2) is 0 Å². The zero-order valence-corrected chi connectivity index (χ0v) is 15.5. The number of phenolic OH excluding ortho intramolecular Hbond substituents is 2. The van der Waals surface area contributed by atoms with E-state index in [1.165, 1.54) is 6.07 Å². The van der Waals surface area contributed by atoms with Crippen molar-refractivity contribution in [3.63, 3.8) is 0 Å². The summed E-state index contributed by atoms with van der Waals surface area (Å²) in [6.07, 6.45) is -1.71. The molecule has 7 nitrogen and oxygen atoms in total. The molecule has 0 heterocycles. The second kappa shape index (κ2) is 9.43. The maximum absolute atomic E-state index is 12.0. The Morgan fingerprint density at radius 3 is 2.24 bits per heavy atom.